The molecule has 2 rings (SSSR count). The van der Waals surface area contributed by atoms with Gasteiger partial charge in [0, 0.05) is 16.6 Å². The Balaban J connectivity index is 2.16. The van der Waals surface area contributed by atoms with Crippen LogP contribution in [-0.2, 0) is 0 Å². The van der Waals surface area contributed by atoms with E-state index in [9.17, 15) is 8.78 Å². The Bertz CT molecular complexity index is 593. The average Bonchev–Trinajstić information content (AvgIpc) is 2.43. The molecule has 0 saturated carbocycles. The van der Waals surface area contributed by atoms with Crippen molar-refractivity contribution in [1.29, 1.82) is 0 Å². The summed E-state index contributed by atoms with van der Waals surface area (Å²) in [6.45, 7) is 4.44. The van der Waals surface area contributed by atoms with Gasteiger partial charge in [-0.15, -0.1) is 0 Å². The van der Waals surface area contributed by atoms with Gasteiger partial charge in [0.05, 0.1) is 12.3 Å². The fourth-order valence-electron chi connectivity index (χ4n) is 2.00. The maximum Gasteiger partial charge on any atom is 0.150 e. The minimum atomic E-state index is -0.625. The molecule has 112 valence electrons. The Kier molecular flexibility index (Phi) is 5.17. The first-order valence-electron chi connectivity index (χ1n) is 6.65. The van der Waals surface area contributed by atoms with E-state index in [4.69, 9.17) is 4.74 Å². The van der Waals surface area contributed by atoms with Crippen molar-refractivity contribution in [1.82, 2.24) is 0 Å². The Morgan fingerprint density at radius 3 is 2.43 bits per heavy atom. The molecule has 0 aliphatic heterocycles. The quantitative estimate of drug-likeness (QED) is 0.785. The van der Waals surface area contributed by atoms with E-state index >= 15 is 0 Å². The lowest BCUT2D eigenvalue weighted by Gasteiger charge is -2.18. The van der Waals surface area contributed by atoms with Gasteiger partial charge in [-0.2, -0.15) is 0 Å². The predicted octanol–water partition coefficient (Wildman–Crippen LogP) is 5.30. The van der Waals surface area contributed by atoms with E-state index < -0.39 is 11.6 Å². The first-order valence-corrected chi connectivity index (χ1v) is 7.44. The molecule has 0 bridgehead atoms. The third kappa shape index (κ3) is 3.94. The largest absolute Gasteiger partial charge is 0.494 e. The van der Waals surface area contributed by atoms with Crippen molar-refractivity contribution in [2.24, 2.45) is 0 Å². The molecule has 2 aromatic carbocycles. The number of nitrogens with one attached hydrogen (secondary N) is 1. The van der Waals surface area contributed by atoms with Crippen LogP contribution >= 0.6 is 15.9 Å². The van der Waals surface area contributed by atoms with E-state index in [0.717, 1.165) is 17.4 Å². The fourth-order valence-corrected chi connectivity index (χ4v) is 2.52. The van der Waals surface area contributed by atoms with Crippen LogP contribution in [0.5, 0.6) is 5.75 Å². The Labute approximate surface area is 131 Å². The van der Waals surface area contributed by atoms with Gasteiger partial charge < -0.3 is 10.1 Å². The molecule has 1 N–H and O–H groups in total. The van der Waals surface area contributed by atoms with Gasteiger partial charge in [0.1, 0.15) is 17.4 Å². The van der Waals surface area contributed by atoms with E-state index in [2.05, 4.69) is 21.2 Å². The van der Waals surface area contributed by atoms with Crippen LogP contribution in [0.4, 0.5) is 14.5 Å². The number of benzene rings is 2. The van der Waals surface area contributed by atoms with Crippen LogP contribution in [0, 0.1) is 11.6 Å². The summed E-state index contributed by atoms with van der Waals surface area (Å²) in [5.41, 5.74) is 1.23. The topological polar surface area (TPSA) is 21.3 Å². The number of rotatable bonds is 5. The SMILES string of the molecule is CCOc1ccc(C(C)Nc2c(F)cc(F)cc2Br)cc1. The summed E-state index contributed by atoms with van der Waals surface area (Å²) in [6, 6.07) is 9.53. The molecule has 21 heavy (non-hydrogen) atoms. The molecular formula is C16H16BrF2NO. The molecule has 0 spiro atoms. The van der Waals surface area contributed by atoms with E-state index in [-0.39, 0.29) is 11.7 Å². The Morgan fingerprint density at radius 1 is 1.19 bits per heavy atom. The molecule has 1 unspecified atom stereocenters. The Hall–Kier alpha value is -1.62. The molecule has 0 saturated heterocycles. The van der Waals surface area contributed by atoms with Crippen molar-refractivity contribution in [2.75, 3.05) is 11.9 Å². The highest BCUT2D eigenvalue weighted by Crippen LogP contribution is 2.30. The van der Waals surface area contributed by atoms with Gasteiger partial charge in [0.2, 0.25) is 0 Å². The summed E-state index contributed by atoms with van der Waals surface area (Å²) in [4.78, 5) is 0. The average molecular weight is 356 g/mol. The molecule has 0 radical (unpaired) electrons. The second-order valence-corrected chi connectivity index (χ2v) is 5.47. The van der Waals surface area contributed by atoms with Crippen molar-refractivity contribution in [3.8, 4) is 5.75 Å². The summed E-state index contributed by atoms with van der Waals surface area (Å²) in [5.74, 6) is -0.444. The summed E-state index contributed by atoms with van der Waals surface area (Å²) >= 11 is 3.17. The van der Waals surface area contributed by atoms with E-state index in [1.165, 1.54) is 6.07 Å². The number of hydrogen-bond acceptors (Lipinski definition) is 2. The van der Waals surface area contributed by atoms with E-state index in [1.54, 1.807) is 0 Å². The normalized spacial score (nSPS) is 12.0. The monoisotopic (exact) mass is 355 g/mol. The van der Waals surface area contributed by atoms with Gasteiger partial charge in [-0.25, -0.2) is 8.78 Å². The molecule has 0 aliphatic rings. The molecule has 0 aliphatic carbocycles. The summed E-state index contributed by atoms with van der Waals surface area (Å²) in [5, 5.41) is 3.04. The molecule has 0 amide bonds. The summed E-state index contributed by atoms with van der Waals surface area (Å²) < 4.78 is 32.6. The minimum Gasteiger partial charge on any atom is -0.494 e. The molecule has 2 aromatic rings. The van der Waals surface area contributed by atoms with Crippen molar-refractivity contribution in [2.45, 2.75) is 19.9 Å². The number of halogens is 3. The predicted molar refractivity (Wildman–Crippen MR) is 83.7 cm³/mol. The van der Waals surface area contributed by atoms with E-state index in [1.807, 2.05) is 38.1 Å². The molecule has 0 fully saturated rings. The molecule has 5 heteroatoms. The van der Waals surface area contributed by atoms with E-state index in [0.29, 0.717) is 11.1 Å². The minimum absolute atomic E-state index is 0.128. The van der Waals surface area contributed by atoms with Gasteiger partial charge in [0.25, 0.3) is 0 Å². The van der Waals surface area contributed by atoms with Crippen LogP contribution in [0.15, 0.2) is 40.9 Å². The van der Waals surface area contributed by atoms with Crippen molar-refractivity contribution < 1.29 is 13.5 Å². The standard InChI is InChI=1S/C16H16BrF2NO/c1-3-21-13-6-4-11(5-7-13)10(2)20-16-14(17)8-12(18)9-15(16)19/h4-10,20H,3H2,1-2H3. The third-order valence-corrected chi connectivity index (χ3v) is 3.68. The number of anilines is 1. The molecule has 0 aromatic heterocycles. The van der Waals surface area contributed by atoms with Crippen LogP contribution in [0.1, 0.15) is 25.5 Å². The fraction of sp³-hybridized carbons (Fsp3) is 0.250. The van der Waals surface area contributed by atoms with Crippen molar-refractivity contribution in [3.05, 3.63) is 58.1 Å². The molecule has 0 heterocycles. The highest BCUT2D eigenvalue weighted by atomic mass is 79.9. The van der Waals surface area contributed by atoms with Crippen LogP contribution < -0.4 is 10.1 Å². The van der Waals surface area contributed by atoms with Crippen LogP contribution in [0.3, 0.4) is 0 Å². The zero-order chi connectivity index (χ0) is 15.4. The lowest BCUT2D eigenvalue weighted by molar-refractivity contribution is 0.340. The van der Waals surface area contributed by atoms with Gasteiger partial charge in [-0.3, -0.25) is 0 Å². The van der Waals surface area contributed by atoms with Crippen molar-refractivity contribution in [3.63, 3.8) is 0 Å². The zero-order valence-electron chi connectivity index (χ0n) is 11.8. The molecule has 2 nitrogen and oxygen atoms in total. The second-order valence-electron chi connectivity index (χ2n) is 4.61. The smallest absolute Gasteiger partial charge is 0.150 e. The first-order chi connectivity index (χ1) is 10.0. The Morgan fingerprint density at radius 2 is 1.86 bits per heavy atom. The summed E-state index contributed by atoms with van der Waals surface area (Å²) in [6.07, 6.45) is 0. The van der Waals surface area contributed by atoms with Crippen LogP contribution in [0.2, 0.25) is 0 Å². The van der Waals surface area contributed by atoms with Gasteiger partial charge in [-0.1, -0.05) is 12.1 Å². The van der Waals surface area contributed by atoms with Gasteiger partial charge in [0.15, 0.2) is 0 Å². The highest BCUT2D eigenvalue weighted by molar-refractivity contribution is 9.10. The molecule has 1 atom stereocenters. The highest BCUT2D eigenvalue weighted by Gasteiger charge is 2.13. The number of ether oxygens (including phenoxy) is 1. The molecular weight excluding hydrogens is 340 g/mol. The lowest BCUT2D eigenvalue weighted by Crippen LogP contribution is -2.09. The first kappa shape index (κ1) is 15.8. The van der Waals surface area contributed by atoms with Gasteiger partial charge >= 0.3 is 0 Å². The van der Waals surface area contributed by atoms with Gasteiger partial charge in [-0.05, 0) is 53.5 Å². The van der Waals surface area contributed by atoms with Crippen LogP contribution in [-0.4, -0.2) is 6.61 Å². The van der Waals surface area contributed by atoms with Crippen LogP contribution in [0.25, 0.3) is 0 Å². The zero-order valence-corrected chi connectivity index (χ0v) is 13.4. The summed E-state index contributed by atoms with van der Waals surface area (Å²) in [7, 11) is 0. The number of hydrogen-bond donors (Lipinski definition) is 1. The third-order valence-electron chi connectivity index (χ3n) is 3.06. The maximum absolute atomic E-state index is 13.8. The second kappa shape index (κ2) is 6.89. The maximum atomic E-state index is 13.8. The van der Waals surface area contributed by atoms with Crippen molar-refractivity contribution >= 4 is 21.6 Å². The lowest BCUT2D eigenvalue weighted by atomic mass is 10.1.